The summed E-state index contributed by atoms with van der Waals surface area (Å²) >= 11 is 0. The molecule has 0 heterocycles. The van der Waals surface area contributed by atoms with Crippen LogP contribution in [0.15, 0.2) is 0 Å². The first-order chi connectivity index (χ1) is 10.2. The summed E-state index contributed by atoms with van der Waals surface area (Å²) in [7, 11) is -0.387. The molecule has 3 N–H and O–H groups in total. The highest BCUT2D eigenvalue weighted by atomic mass is 28.3. The van der Waals surface area contributed by atoms with Crippen LogP contribution in [-0.4, -0.2) is 64.3 Å². The maximum absolute atomic E-state index is 12.0. The monoisotopic (exact) mass is 332 g/mol. The van der Waals surface area contributed by atoms with Gasteiger partial charge in [-0.15, -0.1) is 0 Å². The lowest BCUT2D eigenvalue weighted by Gasteiger charge is -2.27. The first-order valence-corrected chi connectivity index (χ1v) is 10.2. The maximum atomic E-state index is 12.0. The van der Waals surface area contributed by atoms with Gasteiger partial charge in [0.1, 0.15) is 18.3 Å². The summed E-state index contributed by atoms with van der Waals surface area (Å²) in [6.07, 6.45) is -0.891. The zero-order valence-electron chi connectivity index (χ0n) is 14.4. The number of ether oxygens (including phenoxy) is 2. The molecule has 0 saturated heterocycles. The second kappa shape index (κ2) is 10.4. The third-order valence-electron chi connectivity index (χ3n) is 2.54. The number of carbonyl (C=O) groups excluding carboxylic acids is 2. The summed E-state index contributed by atoms with van der Waals surface area (Å²) in [5.74, 6) is 0. The van der Waals surface area contributed by atoms with Gasteiger partial charge in [-0.05, 0) is 20.8 Å². The number of hydrogen-bond donors (Lipinski definition) is 2. The summed E-state index contributed by atoms with van der Waals surface area (Å²) in [6, 6.07) is 0.926. The van der Waals surface area contributed by atoms with Crippen molar-refractivity contribution in [3.8, 4) is 0 Å². The number of rotatable bonds is 8. The highest BCUT2D eigenvalue weighted by Gasteiger charge is 2.21. The fraction of sp³-hybridized carbons (Fsp3) is 0.857. The van der Waals surface area contributed by atoms with Crippen LogP contribution < -0.4 is 11.1 Å². The van der Waals surface area contributed by atoms with Crippen molar-refractivity contribution in [1.29, 1.82) is 0 Å². The minimum absolute atomic E-state index is 0.300. The molecule has 0 aromatic heterocycles. The van der Waals surface area contributed by atoms with Gasteiger partial charge in [0.25, 0.3) is 0 Å². The number of nitrogens with zero attached hydrogens (tertiary/aromatic N) is 1. The first-order valence-electron chi connectivity index (χ1n) is 7.53. The van der Waals surface area contributed by atoms with Crippen LogP contribution in [0, 0.1) is 0 Å². The quantitative estimate of drug-likeness (QED) is 0.659. The number of nitrogens with one attached hydrogen (secondary N) is 1. The van der Waals surface area contributed by atoms with Gasteiger partial charge in [-0.1, -0.05) is 0 Å². The molecule has 0 unspecified atom stereocenters. The molecule has 0 bridgehead atoms. The molecule has 0 rings (SSSR count). The molecule has 7 nitrogen and oxygen atoms in total. The van der Waals surface area contributed by atoms with Crippen LogP contribution in [-0.2, 0) is 9.47 Å². The SMILES string of the molecule is C[Si+](C)CCOC(=O)NCCN(CCN)C(=O)OC(C)(C)C. The van der Waals surface area contributed by atoms with E-state index in [0.29, 0.717) is 32.8 Å². The minimum Gasteiger partial charge on any atom is -0.447 e. The topological polar surface area (TPSA) is 93.9 Å². The van der Waals surface area contributed by atoms with Crippen LogP contribution in [0.2, 0.25) is 19.1 Å². The molecule has 128 valence electrons. The Labute approximate surface area is 135 Å². The molecular formula is C14H30N3O4Si+. The van der Waals surface area contributed by atoms with E-state index in [-0.39, 0.29) is 8.80 Å². The third-order valence-corrected chi connectivity index (χ3v) is 3.74. The number of alkyl carbamates (subject to hydrolysis) is 1. The number of nitrogens with two attached hydrogens (primary N) is 1. The lowest BCUT2D eigenvalue weighted by molar-refractivity contribution is 0.0256. The molecule has 0 spiro atoms. The van der Waals surface area contributed by atoms with Crippen LogP contribution in [0.3, 0.4) is 0 Å². The van der Waals surface area contributed by atoms with Crippen molar-refractivity contribution in [2.45, 2.75) is 45.5 Å². The molecular weight excluding hydrogens is 302 g/mol. The lowest BCUT2D eigenvalue weighted by atomic mass is 10.2. The fourth-order valence-electron chi connectivity index (χ4n) is 1.47. The fourth-order valence-corrected chi connectivity index (χ4v) is 1.98. The molecule has 0 saturated carbocycles. The van der Waals surface area contributed by atoms with Gasteiger partial charge in [0.05, 0.1) is 13.1 Å². The van der Waals surface area contributed by atoms with Crippen molar-refractivity contribution in [2.24, 2.45) is 5.73 Å². The Hall–Kier alpha value is -1.28. The molecule has 0 atom stereocenters. The first kappa shape index (κ1) is 20.7. The average Bonchev–Trinajstić information content (AvgIpc) is 2.35. The molecule has 2 amide bonds. The molecule has 0 aliphatic rings. The summed E-state index contributed by atoms with van der Waals surface area (Å²) < 4.78 is 10.3. The molecule has 0 aromatic rings. The smallest absolute Gasteiger partial charge is 0.410 e. The van der Waals surface area contributed by atoms with Gasteiger partial charge in [-0.3, -0.25) is 0 Å². The average molecular weight is 332 g/mol. The summed E-state index contributed by atoms with van der Waals surface area (Å²) in [6.45, 7) is 11.5. The van der Waals surface area contributed by atoms with Crippen LogP contribution >= 0.6 is 0 Å². The van der Waals surface area contributed by atoms with E-state index >= 15 is 0 Å². The van der Waals surface area contributed by atoms with Crippen molar-refractivity contribution in [2.75, 3.05) is 32.8 Å². The highest BCUT2D eigenvalue weighted by Crippen LogP contribution is 2.09. The Morgan fingerprint density at radius 2 is 1.86 bits per heavy atom. The van der Waals surface area contributed by atoms with E-state index in [9.17, 15) is 9.59 Å². The molecule has 0 aromatic carbocycles. The minimum atomic E-state index is -0.560. The van der Waals surface area contributed by atoms with Gasteiger partial charge >= 0.3 is 21.0 Å². The zero-order valence-corrected chi connectivity index (χ0v) is 15.4. The molecule has 0 aliphatic carbocycles. The van der Waals surface area contributed by atoms with Crippen molar-refractivity contribution < 1.29 is 19.1 Å². The number of hydrogen-bond acceptors (Lipinski definition) is 5. The standard InChI is InChI=1S/C14H29N3O4Si/c1-14(2,3)21-13(19)17(8-6-15)9-7-16-12(18)20-10-11-22(4)5/h6-11,15H2,1-5H3/p+1. The van der Waals surface area contributed by atoms with Gasteiger partial charge in [-0.25, -0.2) is 9.59 Å². The molecule has 0 radical (unpaired) electrons. The predicted molar refractivity (Wildman–Crippen MR) is 88.5 cm³/mol. The van der Waals surface area contributed by atoms with Crippen molar-refractivity contribution in [3.05, 3.63) is 0 Å². The van der Waals surface area contributed by atoms with E-state index in [1.807, 2.05) is 0 Å². The van der Waals surface area contributed by atoms with Crippen molar-refractivity contribution in [1.82, 2.24) is 10.2 Å². The molecule has 22 heavy (non-hydrogen) atoms. The lowest BCUT2D eigenvalue weighted by Crippen LogP contribution is -2.43. The zero-order chi connectivity index (χ0) is 17.2. The van der Waals surface area contributed by atoms with E-state index < -0.39 is 17.8 Å². The Kier molecular flexibility index (Phi) is 9.83. The second-order valence-electron chi connectivity index (χ2n) is 6.28. The van der Waals surface area contributed by atoms with E-state index in [0.717, 1.165) is 6.04 Å². The Bertz CT molecular complexity index is 345. The summed E-state index contributed by atoms with van der Waals surface area (Å²) in [4.78, 5) is 24.9. The number of carbonyl (C=O) groups is 2. The predicted octanol–water partition coefficient (Wildman–Crippen LogP) is 1.66. The van der Waals surface area contributed by atoms with Crippen LogP contribution in [0.25, 0.3) is 0 Å². The van der Waals surface area contributed by atoms with Gasteiger partial charge in [-0.2, -0.15) is 0 Å². The normalized spacial score (nSPS) is 10.8. The van der Waals surface area contributed by atoms with Gasteiger partial charge < -0.3 is 25.4 Å². The van der Waals surface area contributed by atoms with E-state index in [2.05, 4.69) is 18.4 Å². The van der Waals surface area contributed by atoms with Crippen molar-refractivity contribution >= 4 is 21.0 Å². The second-order valence-corrected chi connectivity index (χ2v) is 9.19. The van der Waals surface area contributed by atoms with Crippen LogP contribution in [0.4, 0.5) is 9.59 Å². The Morgan fingerprint density at radius 3 is 2.36 bits per heavy atom. The van der Waals surface area contributed by atoms with Gasteiger partial charge in [0.15, 0.2) is 0 Å². The third kappa shape index (κ3) is 11.4. The van der Waals surface area contributed by atoms with Crippen LogP contribution in [0.5, 0.6) is 0 Å². The Balaban J connectivity index is 4.09. The largest absolute Gasteiger partial charge is 0.447 e. The van der Waals surface area contributed by atoms with E-state index in [4.69, 9.17) is 15.2 Å². The van der Waals surface area contributed by atoms with Crippen molar-refractivity contribution in [3.63, 3.8) is 0 Å². The van der Waals surface area contributed by atoms with Crippen LogP contribution in [0.1, 0.15) is 20.8 Å². The molecule has 8 heteroatoms. The van der Waals surface area contributed by atoms with Gasteiger partial charge in [0.2, 0.25) is 0 Å². The maximum Gasteiger partial charge on any atom is 0.410 e. The summed E-state index contributed by atoms with van der Waals surface area (Å²) in [5, 5.41) is 2.62. The Morgan fingerprint density at radius 1 is 1.23 bits per heavy atom. The highest BCUT2D eigenvalue weighted by molar-refractivity contribution is 6.55. The number of amides is 2. The molecule has 0 fully saturated rings. The summed E-state index contributed by atoms with van der Waals surface area (Å²) in [5.41, 5.74) is 4.94. The molecule has 0 aliphatic heterocycles. The van der Waals surface area contributed by atoms with E-state index in [1.165, 1.54) is 4.90 Å². The van der Waals surface area contributed by atoms with Gasteiger partial charge in [0, 0.05) is 26.2 Å². The van der Waals surface area contributed by atoms with E-state index in [1.54, 1.807) is 20.8 Å².